The van der Waals surface area contributed by atoms with Crippen LogP contribution in [0.1, 0.15) is 24.8 Å². The van der Waals surface area contributed by atoms with Gasteiger partial charge >= 0.3 is 0 Å². The zero-order valence-corrected chi connectivity index (χ0v) is 10.3. The van der Waals surface area contributed by atoms with E-state index < -0.39 is 0 Å². The third kappa shape index (κ3) is 2.47. The van der Waals surface area contributed by atoms with E-state index in [-0.39, 0.29) is 5.92 Å². The Hall–Kier alpha value is -0.790. The van der Waals surface area contributed by atoms with Crippen LogP contribution in [0.4, 0.5) is 0 Å². The highest BCUT2D eigenvalue weighted by Gasteiger charge is 2.14. The van der Waals surface area contributed by atoms with E-state index in [4.69, 9.17) is 23.2 Å². The molecule has 0 spiro atoms. The van der Waals surface area contributed by atoms with Crippen LogP contribution in [0.15, 0.2) is 24.3 Å². The van der Waals surface area contributed by atoms with Crippen molar-refractivity contribution in [3.05, 3.63) is 39.9 Å². The summed E-state index contributed by atoms with van der Waals surface area (Å²) in [6.07, 6.45) is 6.05. The van der Waals surface area contributed by atoms with E-state index in [1.165, 1.54) is 5.57 Å². The third-order valence-corrected chi connectivity index (χ3v) is 3.60. The summed E-state index contributed by atoms with van der Waals surface area (Å²) in [5.74, 6) is 0.0539. The number of rotatable bonds is 2. The van der Waals surface area contributed by atoms with E-state index in [0.717, 1.165) is 31.1 Å². The van der Waals surface area contributed by atoms with Gasteiger partial charge in [0.05, 0.1) is 10.0 Å². The van der Waals surface area contributed by atoms with Crippen LogP contribution in [0.5, 0.6) is 0 Å². The molecule has 0 bridgehead atoms. The Kier molecular flexibility index (Phi) is 3.67. The number of carbonyl (C=O) groups excluding carboxylic acids is 1. The minimum absolute atomic E-state index is 0.0539. The highest BCUT2D eigenvalue weighted by Crippen LogP contribution is 2.32. The van der Waals surface area contributed by atoms with Gasteiger partial charge in [-0.2, -0.15) is 0 Å². The van der Waals surface area contributed by atoms with Crippen molar-refractivity contribution in [2.24, 2.45) is 5.92 Å². The number of aldehydes is 1. The monoisotopic (exact) mass is 254 g/mol. The van der Waals surface area contributed by atoms with Crippen LogP contribution in [0.25, 0.3) is 5.57 Å². The van der Waals surface area contributed by atoms with Crippen LogP contribution < -0.4 is 0 Å². The van der Waals surface area contributed by atoms with Gasteiger partial charge in [-0.1, -0.05) is 35.3 Å². The molecule has 0 heterocycles. The lowest BCUT2D eigenvalue weighted by atomic mass is 9.88. The number of hydrogen-bond donors (Lipinski definition) is 0. The molecular formula is C13H12Cl2O. The summed E-state index contributed by atoms with van der Waals surface area (Å²) in [6.45, 7) is 0. The van der Waals surface area contributed by atoms with Gasteiger partial charge in [0.25, 0.3) is 0 Å². The molecule has 84 valence electrons. The minimum atomic E-state index is 0.0539. The summed E-state index contributed by atoms with van der Waals surface area (Å²) in [5.41, 5.74) is 2.27. The zero-order valence-electron chi connectivity index (χ0n) is 8.75. The van der Waals surface area contributed by atoms with Crippen molar-refractivity contribution >= 4 is 35.1 Å². The molecule has 0 amide bonds. The van der Waals surface area contributed by atoms with Gasteiger partial charge in [0.2, 0.25) is 0 Å². The van der Waals surface area contributed by atoms with Crippen molar-refractivity contribution in [2.75, 3.05) is 0 Å². The molecule has 1 aromatic rings. The molecule has 0 saturated carbocycles. The third-order valence-electron chi connectivity index (χ3n) is 2.86. The van der Waals surface area contributed by atoms with E-state index in [0.29, 0.717) is 10.0 Å². The Morgan fingerprint density at radius 3 is 2.75 bits per heavy atom. The van der Waals surface area contributed by atoms with Gasteiger partial charge in [-0.05, 0) is 42.5 Å². The molecule has 1 aliphatic carbocycles. The Morgan fingerprint density at radius 2 is 2.06 bits per heavy atom. The first kappa shape index (κ1) is 11.7. The molecule has 3 heteroatoms. The highest BCUT2D eigenvalue weighted by molar-refractivity contribution is 6.42. The number of benzene rings is 1. The van der Waals surface area contributed by atoms with Crippen LogP contribution in [0, 0.1) is 5.92 Å². The summed E-state index contributed by atoms with van der Waals surface area (Å²) in [6, 6.07) is 5.61. The molecule has 0 N–H and O–H groups in total. The predicted octanol–water partition coefficient (Wildman–Crippen LogP) is 4.38. The summed E-state index contributed by atoms with van der Waals surface area (Å²) >= 11 is 11.8. The van der Waals surface area contributed by atoms with Gasteiger partial charge < -0.3 is 4.79 Å². The Morgan fingerprint density at radius 1 is 1.25 bits per heavy atom. The summed E-state index contributed by atoms with van der Waals surface area (Å²) < 4.78 is 0. The van der Waals surface area contributed by atoms with Crippen LogP contribution in [-0.4, -0.2) is 6.29 Å². The molecule has 1 atom stereocenters. The van der Waals surface area contributed by atoms with Crippen molar-refractivity contribution in [2.45, 2.75) is 19.3 Å². The number of hydrogen-bond acceptors (Lipinski definition) is 1. The van der Waals surface area contributed by atoms with Crippen LogP contribution >= 0.6 is 23.2 Å². The first-order valence-corrected chi connectivity index (χ1v) is 6.07. The molecule has 1 nitrogen and oxygen atoms in total. The van der Waals surface area contributed by atoms with Crippen LogP contribution in [0.3, 0.4) is 0 Å². The maximum atomic E-state index is 10.8. The quantitative estimate of drug-likeness (QED) is 0.717. The summed E-state index contributed by atoms with van der Waals surface area (Å²) in [4.78, 5) is 10.8. The van der Waals surface area contributed by atoms with E-state index >= 15 is 0 Å². The van der Waals surface area contributed by atoms with Gasteiger partial charge in [-0.3, -0.25) is 0 Å². The van der Waals surface area contributed by atoms with Crippen molar-refractivity contribution in [3.8, 4) is 0 Å². The fourth-order valence-corrected chi connectivity index (χ4v) is 2.30. The fraction of sp³-hybridized carbons (Fsp3) is 0.308. The number of halogens is 2. The largest absolute Gasteiger partial charge is 0.303 e. The van der Waals surface area contributed by atoms with Crippen molar-refractivity contribution < 1.29 is 4.79 Å². The first-order chi connectivity index (χ1) is 7.70. The molecule has 1 aliphatic rings. The molecule has 2 rings (SSSR count). The lowest BCUT2D eigenvalue weighted by molar-refractivity contribution is -0.110. The van der Waals surface area contributed by atoms with Gasteiger partial charge in [-0.25, -0.2) is 0 Å². The van der Waals surface area contributed by atoms with Gasteiger partial charge in [0.15, 0.2) is 0 Å². The second-order valence-corrected chi connectivity index (χ2v) is 4.83. The van der Waals surface area contributed by atoms with E-state index in [9.17, 15) is 4.79 Å². The average Bonchev–Trinajstić information content (AvgIpc) is 2.33. The Labute approximate surface area is 105 Å². The maximum absolute atomic E-state index is 10.8. The first-order valence-electron chi connectivity index (χ1n) is 5.32. The second kappa shape index (κ2) is 5.03. The average molecular weight is 255 g/mol. The smallest absolute Gasteiger partial charge is 0.126 e. The normalized spacial score (nSPS) is 20.4. The standard InChI is InChI=1S/C13H12Cl2O/c14-12-5-4-11(7-13(12)15)10-3-1-2-9(6-10)8-16/h4-9H,1-3H2. The summed E-state index contributed by atoms with van der Waals surface area (Å²) in [5, 5.41) is 1.13. The zero-order chi connectivity index (χ0) is 11.5. The Bertz CT molecular complexity index is 438. The lowest BCUT2D eigenvalue weighted by Crippen LogP contribution is -2.05. The molecule has 0 fully saturated rings. The van der Waals surface area contributed by atoms with E-state index in [2.05, 4.69) is 0 Å². The number of allylic oxidation sites excluding steroid dienone is 2. The minimum Gasteiger partial charge on any atom is -0.303 e. The SMILES string of the molecule is O=CC1C=C(c2ccc(Cl)c(Cl)c2)CCC1. The molecule has 0 radical (unpaired) electrons. The van der Waals surface area contributed by atoms with E-state index in [1.54, 1.807) is 6.07 Å². The lowest BCUT2D eigenvalue weighted by Gasteiger charge is -2.17. The van der Waals surface area contributed by atoms with Gasteiger partial charge in [0.1, 0.15) is 6.29 Å². The maximum Gasteiger partial charge on any atom is 0.126 e. The van der Waals surface area contributed by atoms with Gasteiger partial charge in [-0.15, -0.1) is 0 Å². The van der Waals surface area contributed by atoms with Crippen LogP contribution in [-0.2, 0) is 4.79 Å². The van der Waals surface area contributed by atoms with Crippen molar-refractivity contribution in [3.63, 3.8) is 0 Å². The summed E-state index contributed by atoms with van der Waals surface area (Å²) in [7, 11) is 0. The Balaban J connectivity index is 2.32. The fourth-order valence-electron chi connectivity index (χ4n) is 2.00. The van der Waals surface area contributed by atoms with Gasteiger partial charge in [0, 0.05) is 5.92 Å². The van der Waals surface area contributed by atoms with Crippen LogP contribution in [0.2, 0.25) is 10.0 Å². The molecule has 0 saturated heterocycles. The van der Waals surface area contributed by atoms with Crippen molar-refractivity contribution in [1.29, 1.82) is 0 Å². The topological polar surface area (TPSA) is 17.1 Å². The molecule has 0 aliphatic heterocycles. The van der Waals surface area contributed by atoms with Crippen molar-refractivity contribution in [1.82, 2.24) is 0 Å². The highest BCUT2D eigenvalue weighted by atomic mass is 35.5. The molecular weight excluding hydrogens is 243 g/mol. The predicted molar refractivity (Wildman–Crippen MR) is 67.8 cm³/mol. The molecule has 1 aromatic carbocycles. The number of carbonyl (C=O) groups is 1. The second-order valence-electron chi connectivity index (χ2n) is 4.01. The molecule has 1 unspecified atom stereocenters. The van der Waals surface area contributed by atoms with E-state index in [1.807, 2.05) is 18.2 Å². The molecule has 0 aromatic heterocycles. The molecule has 16 heavy (non-hydrogen) atoms.